The van der Waals surface area contributed by atoms with Crippen LogP contribution in [-0.2, 0) is 6.18 Å². The van der Waals surface area contributed by atoms with Crippen molar-refractivity contribution in [3.63, 3.8) is 0 Å². The number of amidine groups is 2. The lowest BCUT2D eigenvalue weighted by molar-refractivity contribution is -0.137. The van der Waals surface area contributed by atoms with Crippen LogP contribution in [0.4, 0.5) is 18.9 Å². The molecular weight excluding hydrogens is 421 g/mol. The van der Waals surface area contributed by atoms with E-state index in [-0.39, 0.29) is 11.1 Å². The van der Waals surface area contributed by atoms with E-state index in [4.69, 9.17) is 10.5 Å². The van der Waals surface area contributed by atoms with Crippen molar-refractivity contribution in [2.24, 2.45) is 15.8 Å². The van der Waals surface area contributed by atoms with Crippen molar-refractivity contribution in [1.82, 2.24) is 14.1 Å². The second kappa shape index (κ2) is 7.88. The minimum Gasteiger partial charge on any atom is -0.495 e. The van der Waals surface area contributed by atoms with Gasteiger partial charge in [0.2, 0.25) is 5.84 Å². The molecule has 7 nitrogen and oxygen atoms in total. The molecule has 3 aromatic rings. The monoisotopic (exact) mass is 443 g/mol. The Morgan fingerprint density at radius 3 is 2.56 bits per heavy atom. The van der Waals surface area contributed by atoms with Gasteiger partial charge < -0.3 is 15.0 Å². The second-order valence-electron chi connectivity index (χ2n) is 7.47. The van der Waals surface area contributed by atoms with Gasteiger partial charge in [0.05, 0.1) is 36.9 Å². The smallest absolute Gasteiger partial charge is 0.416 e. The van der Waals surface area contributed by atoms with Crippen LogP contribution in [0.15, 0.2) is 65.1 Å². The molecule has 1 aliphatic heterocycles. The van der Waals surface area contributed by atoms with E-state index in [2.05, 4.69) is 15.1 Å². The predicted molar refractivity (Wildman–Crippen MR) is 117 cm³/mol. The predicted octanol–water partition coefficient (Wildman–Crippen LogP) is 3.88. The van der Waals surface area contributed by atoms with Crippen molar-refractivity contribution in [2.75, 3.05) is 20.7 Å². The summed E-state index contributed by atoms with van der Waals surface area (Å²) in [6, 6.07) is 10.5. The maximum absolute atomic E-state index is 13.2. The fraction of sp³-hybridized carbons (Fsp3) is 0.227. The van der Waals surface area contributed by atoms with E-state index < -0.39 is 11.7 Å². The SMILES string of the molecule is COc1cc(C2=N[N+](C)(c3cccc(C(F)(F)F)c3)C(CN)=N2)ccc1-n1cnc(C)c1. The van der Waals surface area contributed by atoms with Gasteiger partial charge in [0, 0.05) is 23.9 Å². The highest BCUT2D eigenvalue weighted by atomic mass is 19.4. The number of alkyl halides is 3. The third-order valence-corrected chi connectivity index (χ3v) is 5.32. The molecule has 2 aromatic carbocycles. The van der Waals surface area contributed by atoms with E-state index in [0.717, 1.165) is 23.5 Å². The molecule has 1 aliphatic rings. The first kappa shape index (κ1) is 21.7. The van der Waals surface area contributed by atoms with Crippen LogP contribution in [0.1, 0.15) is 16.8 Å². The Balaban J connectivity index is 1.77. The van der Waals surface area contributed by atoms with E-state index in [1.54, 1.807) is 32.6 Å². The lowest BCUT2D eigenvalue weighted by atomic mass is 10.1. The number of nitrogens with zero attached hydrogens (tertiary/aromatic N) is 5. The fourth-order valence-corrected chi connectivity index (χ4v) is 3.58. The van der Waals surface area contributed by atoms with Gasteiger partial charge >= 0.3 is 6.18 Å². The maximum atomic E-state index is 13.2. The lowest BCUT2D eigenvalue weighted by Crippen LogP contribution is -2.47. The zero-order chi connectivity index (χ0) is 23.1. The van der Waals surface area contributed by atoms with Crippen molar-refractivity contribution in [1.29, 1.82) is 0 Å². The number of ether oxygens (including phenoxy) is 1. The Bertz CT molecular complexity index is 1230. The summed E-state index contributed by atoms with van der Waals surface area (Å²) in [5, 5.41) is 4.65. The Hall–Kier alpha value is -3.50. The first-order valence-electron chi connectivity index (χ1n) is 9.78. The minimum absolute atomic E-state index is 0.0310. The molecule has 10 heteroatoms. The number of benzene rings is 2. The van der Waals surface area contributed by atoms with Gasteiger partial charge in [0.1, 0.15) is 12.8 Å². The fourth-order valence-electron chi connectivity index (χ4n) is 3.58. The number of hydrogen-bond donors (Lipinski definition) is 1. The van der Waals surface area contributed by atoms with E-state index >= 15 is 0 Å². The Morgan fingerprint density at radius 2 is 1.94 bits per heavy atom. The maximum Gasteiger partial charge on any atom is 0.416 e. The molecule has 1 aromatic heterocycles. The van der Waals surface area contributed by atoms with Crippen LogP contribution >= 0.6 is 0 Å². The van der Waals surface area contributed by atoms with Crippen molar-refractivity contribution < 1.29 is 17.9 Å². The van der Waals surface area contributed by atoms with Gasteiger partial charge in [-0.2, -0.15) is 18.2 Å². The van der Waals surface area contributed by atoms with E-state index in [9.17, 15) is 13.2 Å². The highest BCUT2D eigenvalue weighted by Gasteiger charge is 2.40. The van der Waals surface area contributed by atoms with Crippen LogP contribution in [0, 0.1) is 6.92 Å². The van der Waals surface area contributed by atoms with Gasteiger partial charge in [0.15, 0.2) is 5.69 Å². The number of imidazole rings is 1. The summed E-state index contributed by atoms with van der Waals surface area (Å²) in [6.07, 6.45) is -0.903. The Morgan fingerprint density at radius 1 is 1.16 bits per heavy atom. The number of aromatic nitrogens is 2. The van der Waals surface area contributed by atoms with Crippen molar-refractivity contribution in [3.05, 3.63) is 71.8 Å². The number of nitrogens with two attached hydrogens (primary N) is 1. The molecule has 0 spiro atoms. The molecule has 0 saturated carbocycles. The second-order valence-corrected chi connectivity index (χ2v) is 7.47. The Kier molecular flexibility index (Phi) is 5.35. The van der Waals surface area contributed by atoms with Gasteiger partial charge in [-0.25, -0.2) is 4.98 Å². The van der Waals surface area contributed by atoms with Crippen molar-refractivity contribution >= 4 is 17.4 Å². The highest BCUT2D eigenvalue weighted by Crippen LogP contribution is 2.35. The highest BCUT2D eigenvalue weighted by molar-refractivity contribution is 6.14. The third kappa shape index (κ3) is 3.78. The molecule has 2 heterocycles. The topological polar surface area (TPSA) is 77.8 Å². The van der Waals surface area contributed by atoms with Crippen LogP contribution in [0.25, 0.3) is 5.69 Å². The van der Waals surface area contributed by atoms with Gasteiger partial charge in [-0.3, -0.25) is 0 Å². The Labute approximate surface area is 182 Å². The number of rotatable bonds is 5. The molecule has 32 heavy (non-hydrogen) atoms. The van der Waals surface area contributed by atoms with E-state index in [1.807, 2.05) is 29.8 Å². The summed E-state index contributed by atoms with van der Waals surface area (Å²) in [5.41, 5.74) is 7.76. The lowest BCUT2D eigenvalue weighted by Gasteiger charge is -2.24. The zero-order valence-corrected chi connectivity index (χ0v) is 17.8. The van der Waals surface area contributed by atoms with Crippen molar-refractivity contribution in [2.45, 2.75) is 13.1 Å². The summed E-state index contributed by atoms with van der Waals surface area (Å²) in [4.78, 5) is 8.77. The van der Waals surface area contributed by atoms with Crippen LogP contribution in [0.3, 0.4) is 0 Å². The van der Waals surface area contributed by atoms with Crippen molar-refractivity contribution in [3.8, 4) is 11.4 Å². The van der Waals surface area contributed by atoms with Crippen LogP contribution in [-0.4, -0.2) is 41.9 Å². The molecule has 0 bridgehead atoms. The van der Waals surface area contributed by atoms with Gasteiger partial charge in [-0.05, 0) is 36.3 Å². The average molecular weight is 443 g/mol. The molecule has 166 valence electrons. The van der Waals surface area contributed by atoms with Crippen LogP contribution < -0.4 is 15.1 Å². The molecule has 0 fully saturated rings. The molecule has 0 amide bonds. The minimum atomic E-state index is -4.46. The number of quaternary nitrogens is 1. The third-order valence-electron chi connectivity index (χ3n) is 5.32. The number of likely N-dealkylation sites (N-methyl/N-ethyl adjacent to an activating group) is 1. The summed E-state index contributed by atoms with van der Waals surface area (Å²) in [5.74, 6) is 1.36. The molecule has 1 atom stereocenters. The largest absolute Gasteiger partial charge is 0.495 e. The molecule has 0 aliphatic carbocycles. The van der Waals surface area contributed by atoms with Gasteiger partial charge in [-0.15, -0.1) is 4.59 Å². The molecule has 1 unspecified atom stereocenters. The van der Waals surface area contributed by atoms with Gasteiger partial charge in [-0.1, -0.05) is 6.07 Å². The number of hydrogen-bond acceptors (Lipinski definition) is 5. The molecule has 0 saturated heterocycles. The zero-order valence-electron chi connectivity index (χ0n) is 17.8. The first-order chi connectivity index (χ1) is 15.2. The van der Waals surface area contributed by atoms with Gasteiger partial charge in [0.25, 0.3) is 5.84 Å². The summed E-state index contributed by atoms with van der Waals surface area (Å²) in [6.45, 7) is 1.92. The summed E-state index contributed by atoms with van der Waals surface area (Å²) < 4.78 is 46.8. The quantitative estimate of drug-likeness (QED) is 0.608. The molecule has 4 rings (SSSR count). The van der Waals surface area contributed by atoms with Crippen LogP contribution in [0.5, 0.6) is 5.75 Å². The summed E-state index contributed by atoms with van der Waals surface area (Å²) in [7, 11) is 3.22. The number of aryl methyl sites for hydroxylation is 1. The van der Waals surface area contributed by atoms with Crippen LogP contribution in [0.2, 0.25) is 0 Å². The molecule has 0 radical (unpaired) electrons. The number of halogens is 3. The van der Waals surface area contributed by atoms with E-state index in [0.29, 0.717) is 28.7 Å². The normalized spacial score (nSPS) is 18.5. The molecule has 2 N–H and O–H groups in total. The number of aliphatic imine (C=N–C) groups is 1. The standard InChI is InChI=1S/C22H22F3N6O/c1-14-12-30(13-27-14)18-8-7-15(9-19(18)32-3)21-28-20(11-26)31(2,29-21)17-6-4-5-16(10-17)22(23,24)25/h4-10,12-13H,11,26H2,1-3H3/q+1. The van der Waals surface area contributed by atoms with E-state index in [1.165, 1.54) is 6.07 Å². The summed E-state index contributed by atoms with van der Waals surface area (Å²) >= 11 is 0. The number of methoxy groups -OCH3 is 1. The average Bonchev–Trinajstić information content (AvgIpc) is 3.36. The first-order valence-corrected chi connectivity index (χ1v) is 9.78. The molecular formula is C22H22F3N6O+.